The molecule has 0 amide bonds. The monoisotopic (exact) mass is 267 g/mol. The lowest BCUT2D eigenvalue weighted by atomic mass is 10.2. The molecule has 0 spiro atoms. The van der Waals surface area contributed by atoms with Gasteiger partial charge in [-0.2, -0.15) is 5.10 Å². The number of anilines is 1. The predicted octanol–water partition coefficient (Wildman–Crippen LogP) is 3.49. The first kappa shape index (κ1) is 12.5. The Kier molecular flexibility index (Phi) is 3.29. The first-order chi connectivity index (χ1) is 9.72. The average molecular weight is 267 g/mol. The summed E-state index contributed by atoms with van der Waals surface area (Å²) in [4.78, 5) is 2.11. The van der Waals surface area contributed by atoms with Gasteiger partial charge in [-0.25, -0.2) is 0 Å². The highest BCUT2D eigenvalue weighted by atomic mass is 16.5. The summed E-state index contributed by atoms with van der Waals surface area (Å²) in [5.41, 5.74) is 5.26. The highest BCUT2D eigenvalue weighted by molar-refractivity contribution is 5.96. The fourth-order valence-electron chi connectivity index (χ4n) is 2.18. The molecule has 0 saturated carbocycles. The fourth-order valence-corrected chi connectivity index (χ4v) is 2.18. The highest BCUT2D eigenvalue weighted by Crippen LogP contribution is 2.25. The van der Waals surface area contributed by atoms with Crippen molar-refractivity contribution in [3.63, 3.8) is 0 Å². The predicted molar refractivity (Wildman–Crippen MR) is 81.3 cm³/mol. The van der Waals surface area contributed by atoms with E-state index in [2.05, 4.69) is 28.4 Å². The van der Waals surface area contributed by atoms with Crippen molar-refractivity contribution < 1.29 is 4.74 Å². The zero-order valence-electron chi connectivity index (χ0n) is 11.6. The first-order valence-electron chi connectivity index (χ1n) is 6.62. The number of hydrazone groups is 1. The first-order valence-corrected chi connectivity index (χ1v) is 6.62. The van der Waals surface area contributed by atoms with Gasteiger partial charge < -0.3 is 9.64 Å². The van der Waals surface area contributed by atoms with Crippen molar-refractivity contribution in [1.29, 1.82) is 0 Å². The fraction of sp³-hybridized carbons (Fsp3) is 0.188. The van der Waals surface area contributed by atoms with Gasteiger partial charge in [-0.05, 0) is 55.8 Å². The van der Waals surface area contributed by atoms with Gasteiger partial charge in [-0.15, -0.1) is 0 Å². The summed E-state index contributed by atoms with van der Waals surface area (Å²) in [6.07, 6.45) is 0. The van der Waals surface area contributed by atoms with Crippen LogP contribution in [0.2, 0.25) is 0 Å². The Morgan fingerprint density at radius 1 is 1.05 bits per heavy atom. The molecule has 20 heavy (non-hydrogen) atoms. The zero-order valence-corrected chi connectivity index (χ0v) is 11.6. The third-order valence-corrected chi connectivity index (χ3v) is 3.23. The van der Waals surface area contributed by atoms with Crippen LogP contribution in [0.15, 0.2) is 53.6 Å². The van der Waals surface area contributed by atoms with Crippen LogP contribution in [-0.2, 0) is 0 Å². The number of benzene rings is 2. The van der Waals surface area contributed by atoms with E-state index >= 15 is 0 Å². The normalized spacial score (nSPS) is 13.9. The van der Waals surface area contributed by atoms with Crippen molar-refractivity contribution in [1.82, 2.24) is 5.43 Å². The van der Waals surface area contributed by atoms with E-state index in [1.807, 2.05) is 49.4 Å². The van der Waals surface area contributed by atoms with E-state index in [0.29, 0.717) is 6.67 Å². The largest absolute Gasteiger partial charge is 0.457 e. The topological polar surface area (TPSA) is 36.9 Å². The van der Waals surface area contributed by atoms with Crippen LogP contribution in [0.1, 0.15) is 12.5 Å². The molecule has 0 atom stereocenters. The van der Waals surface area contributed by atoms with Gasteiger partial charge in [0.15, 0.2) is 0 Å². The number of rotatable bonds is 3. The van der Waals surface area contributed by atoms with Crippen LogP contribution in [0, 0.1) is 6.92 Å². The van der Waals surface area contributed by atoms with Gasteiger partial charge in [0.1, 0.15) is 24.0 Å². The maximum atomic E-state index is 5.84. The molecule has 1 N–H and O–H groups in total. The van der Waals surface area contributed by atoms with Crippen LogP contribution in [0.4, 0.5) is 5.69 Å². The lowest BCUT2D eigenvalue weighted by molar-refractivity contribution is 0.482. The Hall–Kier alpha value is -2.49. The van der Waals surface area contributed by atoms with Crippen molar-refractivity contribution in [3.05, 3.63) is 54.1 Å². The molecule has 1 aliphatic rings. The van der Waals surface area contributed by atoms with E-state index in [0.717, 1.165) is 23.0 Å². The van der Waals surface area contributed by atoms with E-state index in [4.69, 9.17) is 4.74 Å². The van der Waals surface area contributed by atoms with E-state index in [9.17, 15) is 0 Å². The molecule has 0 saturated heterocycles. The van der Waals surface area contributed by atoms with Crippen LogP contribution in [-0.4, -0.2) is 12.5 Å². The molecule has 0 radical (unpaired) electrons. The molecular weight excluding hydrogens is 250 g/mol. The average Bonchev–Trinajstić information content (AvgIpc) is 2.86. The van der Waals surface area contributed by atoms with E-state index < -0.39 is 0 Å². The van der Waals surface area contributed by atoms with Crippen molar-refractivity contribution in [2.45, 2.75) is 13.8 Å². The quantitative estimate of drug-likeness (QED) is 0.925. The molecule has 4 heteroatoms. The Balaban J connectivity index is 1.75. The Bertz CT molecular complexity index is 634. The second kappa shape index (κ2) is 5.25. The molecule has 1 heterocycles. The van der Waals surface area contributed by atoms with E-state index in [-0.39, 0.29) is 0 Å². The molecule has 0 aliphatic carbocycles. The Morgan fingerprint density at radius 2 is 1.85 bits per heavy atom. The molecule has 102 valence electrons. The number of hydrogen-bond acceptors (Lipinski definition) is 4. The van der Waals surface area contributed by atoms with E-state index in [1.165, 1.54) is 5.56 Å². The van der Waals surface area contributed by atoms with Gasteiger partial charge in [-0.1, -0.05) is 12.1 Å². The summed E-state index contributed by atoms with van der Waals surface area (Å²) in [7, 11) is 0. The third-order valence-electron chi connectivity index (χ3n) is 3.23. The van der Waals surface area contributed by atoms with Crippen LogP contribution < -0.4 is 15.1 Å². The minimum absolute atomic E-state index is 0.712. The van der Waals surface area contributed by atoms with Crippen LogP contribution >= 0.6 is 0 Å². The summed E-state index contributed by atoms with van der Waals surface area (Å²) in [5, 5.41) is 4.16. The maximum Gasteiger partial charge on any atom is 0.127 e. The van der Waals surface area contributed by atoms with Crippen molar-refractivity contribution in [3.8, 4) is 11.5 Å². The minimum atomic E-state index is 0.712. The van der Waals surface area contributed by atoms with Crippen molar-refractivity contribution in [2.24, 2.45) is 5.10 Å². The van der Waals surface area contributed by atoms with Crippen molar-refractivity contribution >= 4 is 11.5 Å². The second-order valence-corrected chi connectivity index (χ2v) is 4.82. The Morgan fingerprint density at radius 3 is 2.50 bits per heavy atom. The van der Waals surface area contributed by atoms with Gasteiger partial charge in [0.2, 0.25) is 0 Å². The maximum absolute atomic E-state index is 5.84. The second-order valence-electron chi connectivity index (χ2n) is 4.82. The number of aryl methyl sites for hydroxylation is 1. The third kappa shape index (κ3) is 2.59. The Labute approximate surface area is 118 Å². The number of hydrogen-bond donors (Lipinski definition) is 1. The molecule has 0 fully saturated rings. The zero-order chi connectivity index (χ0) is 13.9. The van der Waals surface area contributed by atoms with Gasteiger partial charge in [0.25, 0.3) is 0 Å². The summed E-state index contributed by atoms with van der Waals surface area (Å²) in [6, 6.07) is 16.1. The SMILES string of the molecule is CC1=NNCN1c1ccc(Oc2cccc(C)c2)cc1. The molecule has 3 rings (SSSR count). The molecular formula is C16H17N3O. The molecule has 4 nitrogen and oxygen atoms in total. The number of nitrogens with zero attached hydrogens (tertiary/aromatic N) is 2. The standard InChI is InChI=1S/C16H17N3O/c1-12-4-3-5-16(10-12)20-15-8-6-14(7-9-15)19-11-17-18-13(19)2/h3-10,17H,11H2,1-2H3. The van der Waals surface area contributed by atoms with Gasteiger partial charge >= 0.3 is 0 Å². The van der Waals surface area contributed by atoms with Crippen LogP contribution in [0.3, 0.4) is 0 Å². The number of amidine groups is 1. The van der Waals surface area contributed by atoms with E-state index in [1.54, 1.807) is 0 Å². The summed E-state index contributed by atoms with van der Waals surface area (Å²) >= 11 is 0. The minimum Gasteiger partial charge on any atom is -0.457 e. The highest BCUT2D eigenvalue weighted by Gasteiger charge is 2.14. The van der Waals surface area contributed by atoms with Crippen molar-refractivity contribution in [2.75, 3.05) is 11.6 Å². The smallest absolute Gasteiger partial charge is 0.127 e. The molecule has 0 bridgehead atoms. The van der Waals surface area contributed by atoms with Gasteiger partial charge in [0, 0.05) is 5.69 Å². The van der Waals surface area contributed by atoms with Crippen LogP contribution in [0.5, 0.6) is 11.5 Å². The number of nitrogens with one attached hydrogen (secondary N) is 1. The van der Waals surface area contributed by atoms with Crippen LogP contribution in [0.25, 0.3) is 0 Å². The molecule has 0 aromatic heterocycles. The molecule has 2 aromatic rings. The summed E-state index contributed by atoms with van der Waals surface area (Å²) < 4.78 is 5.84. The molecule has 1 aliphatic heterocycles. The summed E-state index contributed by atoms with van der Waals surface area (Å²) in [6.45, 7) is 4.75. The molecule has 0 unspecified atom stereocenters. The summed E-state index contributed by atoms with van der Waals surface area (Å²) in [5.74, 6) is 2.66. The lowest BCUT2D eigenvalue weighted by Crippen LogP contribution is -2.27. The number of ether oxygens (including phenoxy) is 1. The van der Waals surface area contributed by atoms with Gasteiger partial charge in [0.05, 0.1) is 0 Å². The van der Waals surface area contributed by atoms with Gasteiger partial charge in [-0.3, -0.25) is 5.43 Å². The lowest BCUT2D eigenvalue weighted by Gasteiger charge is -2.17. The molecule has 2 aromatic carbocycles.